The summed E-state index contributed by atoms with van der Waals surface area (Å²) in [6, 6.07) is 10.9. The Morgan fingerprint density at radius 2 is 1.96 bits per heavy atom. The smallest absolute Gasteiger partial charge is 0.387 e. The minimum absolute atomic E-state index is 0.0257. The van der Waals surface area contributed by atoms with Crippen molar-refractivity contribution in [2.24, 2.45) is 0 Å². The zero-order valence-corrected chi connectivity index (χ0v) is 14.7. The van der Waals surface area contributed by atoms with Crippen LogP contribution in [0, 0.1) is 0 Å². The Morgan fingerprint density at radius 1 is 1.18 bits per heavy atom. The number of rotatable bonds is 7. The van der Waals surface area contributed by atoms with E-state index in [9.17, 15) is 18.4 Å². The summed E-state index contributed by atoms with van der Waals surface area (Å²) in [6.45, 7) is -3.32. The minimum Gasteiger partial charge on any atom is -0.493 e. The van der Waals surface area contributed by atoms with Gasteiger partial charge < -0.3 is 14.8 Å². The summed E-state index contributed by atoms with van der Waals surface area (Å²) in [5.74, 6) is -1.27. The van der Waals surface area contributed by atoms with Gasteiger partial charge in [0.1, 0.15) is 6.33 Å². The van der Waals surface area contributed by atoms with E-state index in [2.05, 4.69) is 20.5 Å². The second kappa shape index (κ2) is 8.33. The van der Waals surface area contributed by atoms with E-state index >= 15 is 0 Å². The number of hydrogen-bond acceptors (Lipinski definition) is 5. The van der Waals surface area contributed by atoms with Gasteiger partial charge in [-0.3, -0.25) is 15.0 Å². The maximum absolute atomic E-state index is 12.4. The van der Waals surface area contributed by atoms with Crippen LogP contribution in [0.4, 0.5) is 8.78 Å². The molecule has 2 N–H and O–H groups in total. The number of nitrogens with one attached hydrogen (secondary N) is 2. The van der Waals surface area contributed by atoms with Crippen molar-refractivity contribution in [3.8, 4) is 11.5 Å². The molecule has 0 saturated heterocycles. The molecule has 0 atom stereocenters. The van der Waals surface area contributed by atoms with E-state index in [1.54, 1.807) is 12.1 Å². The van der Waals surface area contributed by atoms with Crippen LogP contribution in [0.3, 0.4) is 0 Å². The number of aromatic nitrogens is 2. The SMILES string of the molecule is COc1cc(C(=O)NCC(=O)Nn2cnc3ccccc32)ccc1OC(F)F. The first kappa shape index (κ1) is 19.1. The van der Waals surface area contributed by atoms with Gasteiger partial charge in [0, 0.05) is 5.56 Å². The van der Waals surface area contributed by atoms with E-state index in [1.165, 1.54) is 36.3 Å². The van der Waals surface area contributed by atoms with Gasteiger partial charge in [0.25, 0.3) is 11.8 Å². The lowest BCUT2D eigenvalue weighted by molar-refractivity contribution is -0.116. The second-order valence-electron chi connectivity index (χ2n) is 5.57. The van der Waals surface area contributed by atoms with Crippen molar-refractivity contribution in [2.75, 3.05) is 19.1 Å². The fraction of sp³-hybridized carbons (Fsp3) is 0.167. The van der Waals surface area contributed by atoms with Gasteiger partial charge in [0.2, 0.25) is 0 Å². The summed E-state index contributed by atoms with van der Waals surface area (Å²) in [6.07, 6.45) is 1.46. The average Bonchev–Trinajstić information content (AvgIpc) is 3.09. The third-order valence-corrected chi connectivity index (χ3v) is 3.75. The van der Waals surface area contributed by atoms with Gasteiger partial charge in [-0.2, -0.15) is 8.78 Å². The van der Waals surface area contributed by atoms with Crippen LogP contribution in [-0.4, -0.2) is 41.7 Å². The molecule has 2 amide bonds. The van der Waals surface area contributed by atoms with E-state index in [0.29, 0.717) is 11.0 Å². The molecule has 1 aromatic heterocycles. The number of benzene rings is 2. The number of methoxy groups -OCH3 is 1. The molecule has 0 spiro atoms. The van der Waals surface area contributed by atoms with Gasteiger partial charge in [-0.25, -0.2) is 9.66 Å². The van der Waals surface area contributed by atoms with Crippen molar-refractivity contribution >= 4 is 22.8 Å². The zero-order chi connectivity index (χ0) is 20.1. The predicted molar refractivity (Wildman–Crippen MR) is 96.1 cm³/mol. The number of carbonyl (C=O) groups is 2. The molecular formula is C18H16F2N4O4. The van der Waals surface area contributed by atoms with Crippen LogP contribution in [0.15, 0.2) is 48.8 Å². The third kappa shape index (κ3) is 4.34. The van der Waals surface area contributed by atoms with Gasteiger partial charge >= 0.3 is 6.61 Å². The molecule has 0 radical (unpaired) electrons. The Labute approximate surface area is 158 Å². The zero-order valence-electron chi connectivity index (χ0n) is 14.7. The van der Waals surface area contributed by atoms with Crippen molar-refractivity contribution in [3.05, 3.63) is 54.4 Å². The monoisotopic (exact) mass is 390 g/mol. The molecule has 0 aliphatic carbocycles. The van der Waals surface area contributed by atoms with Crippen LogP contribution in [0.25, 0.3) is 11.0 Å². The van der Waals surface area contributed by atoms with Crippen molar-refractivity contribution in [1.82, 2.24) is 15.0 Å². The summed E-state index contributed by atoms with van der Waals surface area (Å²) < 4.78 is 35.4. The molecule has 28 heavy (non-hydrogen) atoms. The van der Waals surface area contributed by atoms with Crippen molar-refractivity contribution in [1.29, 1.82) is 0 Å². The third-order valence-electron chi connectivity index (χ3n) is 3.75. The van der Waals surface area contributed by atoms with E-state index < -0.39 is 18.4 Å². The number of carbonyl (C=O) groups excluding carboxylic acids is 2. The van der Waals surface area contributed by atoms with Crippen LogP contribution in [0.5, 0.6) is 11.5 Å². The molecule has 10 heteroatoms. The predicted octanol–water partition coefficient (Wildman–Crippen LogP) is 2.15. The maximum atomic E-state index is 12.4. The van der Waals surface area contributed by atoms with E-state index in [4.69, 9.17) is 4.74 Å². The number of ether oxygens (including phenoxy) is 2. The summed E-state index contributed by atoms with van der Waals surface area (Å²) in [5, 5.41) is 2.44. The van der Waals surface area contributed by atoms with Crippen molar-refractivity contribution < 1.29 is 27.8 Å². The van der Waals surface area contributed by atoms with E-state index in [0.717, 1.165) is 0 Å². The molecule has 0 unspecified atom stereocenters. The fourth-order valence-electron chi connectivity index (χ4n) is 2.49. The molecule has 0 bridgehead atoms. The van der Waals surface area contributed by atoms with Gasteiger partial charge in [0.05, 0.1) is 24.7 Å². The number of alkyl halides is 2. The lowest BCUT2D eigenvalue weighted by Gasteiger charge is -2.12. The Balaban J connectivity index is 1.61. The number of para-hydroxylation sites is 2. The number of imidazole rings is 1. The summed E-state index contributed by atoms with van der Waals surface area (Å²) in [5.41, 5.74) is 4.14. The van der Waals surface area contributed by atoms with Crippen LogP contribution in [0.2, 0.25) is 0 Å². The molecule has 0 aliphatic rings. The number of fused-ring (bicyclic) bond motifs is 1. The normalized spacial score (nSPS) is 10.7. The highest BCUT2D eigenvalue weighted by Gasteiger charge is 2.15. The van der Waals surface area contributed by atoms with Crippen molar-refractivity contribution in [3.63, 3.8) is 0 Å². The average molecular weight is 390 g/mol. The van der Waals surface area contributed by atoms with E-state index in [-0.39, 0.29) is 23.6 Å². The van der Waals surface area contributed by atoms with Gasteiger partial charge in [-0.05, 0) is 30.3 Å². The molecular weight excluding hydrogens is 374 g/mol. The number of amides is 2. The molecule has 0 fully saturated rings. The van der Waals surface area contributed by atoms with Crippen LogP contribution < -0.4 is 20.2 Å². The molecule has 0 saturated carbocycles. The van der Waals surface area contributed by atoms with Crippen LogP contribution in [0.1, 0.15) is 10.4 Å². The Bertz CT molecular complexity index is 1010. The molecule has 146 valence electrons. The van der Waals surface area contributed by atoms with Gasteiger partial charge in [-0.1, -0.05) is 12.1 Å². The molecule has 2 aromatic carbocycles. The maximum Gasteiger partial charge on any atom is 0.387 e. The standard InChI is InChI=1S/C18H16F2N4O4/c1-27-15-8-11(6-7-14(15)28-18(19)20)17(26)21-9-16(25)23-24-10-22-12-4-2-3-5-13(12)24/h2-8,10,18H,9H2,1H3,(H,21,26)(H,23,25). The van der Waals surface area contributed by atoms with Gasteiger partial charge in [-0.15, -0.1) is 0 Å². The highest BCUT2D eigenvalue weighted by atomic mass is 19.3. The Morgan fingerprint density at radius 3 is 2.71 bits per heavy atom. The first-order chi connectivity index (χ1) is 13.5. The summed E-state index contributed by atoms with van der Waals surface area (Å²) >= 11 is 0. The molecule has 3 rings (SSSR count). The molecule has 8 nitrogen and oxygen atoms in total. The first-order valence-corrected chi connectivity index (χ1v) is 8.11. The number of halogens is 2. The highest BCUT2D eigenvalue weighted by molar-refractivity contribution is 5.98. The topological polar surface area (TPSA) is 94.5 Å². The lowest BCUT2D eigenvalue weighted by atomic mass is 10.2. The minimum atomic E-state index is -3.02. The second-order valence-corrected chi connectivity index (χ2v) is 5.57. The molecule has 0 aliphatic heterocycles. The fourth-order valence-corrected chi connectivity index (χ4v) is 2.49. The summed E-state index contributed by atoms with van der Waals surface area (Å²) in [7, 11) is 1.26. The highest BCUT2D eigenvalue weighted by Crippen LogP contribution is 2.29. The lowest BCUT2D eigenvalue weighted by Crippen LogP contribution is -2.35. The van der Waals surface area contributed by atoms with Crippen molar-refractivity contribution in [2.45, 2.75) is 6.61 Å². The quantitative estimate of drug-likeness (QED) is 0.645. The van der Waals surface area contributed by atoms with Crippen LogP contribution >= 0.6 is 0 Å². The summed E-state index contributed by atoms with van der Waals surface area (Å²) in [4.78, 5) is 28.4. The Hall–Kier alpha value is -3.69. The van der Waals surface area contributed by atoms with Crippen LogP contribution in [-0.2, 0) is 4.79 Å². The first-order valence-electron chi connectivity index (χ1n) is 8.11. The Kier molecular flexibility index (Phi) is 5.68. The van der Waals surface area contributed by atoms with E-state index in [1.807, 2.05) is 12.1 Å². The molecule has 3 aromatic rings. The number of hydrogen-bond donors (Lipinski definition) is 2. The number of nitrogens with zero attached hydrogens (tertiary/aromatic N) is 2. The largest absolute Gasteiger partial charge is 0.493 e. The van der Waals surface area contributed by atoms with Gasteiger partial charge in [0.15, 0.2) is 11.5 Å². The molecule has 1 heterocycles.